The zero-order valence-corrected chi connectivity index (χ0v) is 14.3. The predicted octanol–water partition coefficient (Wildman–Crippen LogP) is 4.45. The zero-order chi connectivity index (χ0) is 16.9. The van der Waals surface area contributed by atoms with Crippen LogP contribution in [0, 0.1) is 0 Å². The van der Waals surface area contributed by atoms with Crippen molar-refractivity contribution in [2.24, 2.45) is 0 Å². The monoisotopic (exact) mass is 324 g/mol. The van der Waals surface area contributed by atoms with Crippen LogP contribution in [0.3, 0.4) is 0 Å². The van der Waals surface area contributed by atoms with Gasteiger partial charge in [-0.15, -0.1) is 0 Å². The van der Waals surface area contributed by atoms with Crippen molar-refractivity contribution in [1.29, 1.82) is 0 Å². The summed E-state index contributed by atoms with van der Waals surface area (Å²) < 4.78 is 5.65. The molecule has 0 bridgehead atoms. The average molecular weight is 324 g/mol. The number of para-hydroxylation sites is 1. The molecule has 4 nitrogen and oxygen atoms in total. The van der Waals surface area contributed by atoms with Gasteiger partial charge in [0, 0.05) is 12.2 Å². The van der Waals surface area contributed by atoms with Crippen molar-refractivity contribution in [1.82, 2.24) is 4.90 Å². The summed E-state index contributed by atoms with van der Waals surface area (Å²) in [6, 6.07) is 15.7. The van der Waals surface area contributed by atoms with Crippen molar-refractivity contribution in [3.63, 3.8) is 0 Å². The Morgan fingerprint density at radius 2 is 1.79 bits per heavy atom. The number of carbonyl (C=O) groups is 1. The van der Waals surface area contributed by atoms with E-state index < -0.39 is 0 Å². The van der Waals surface area contributed by atoms with Gasteiger partial charge in [0.15, 0.2) is 0 Å². The first-order valence-corrected chi connectivity index (χ1v) is 8.64. The molecule has 1 aliphatic rings. The fourth-order valence-corrected chi connectivity index (χ4v) is 2.99. The first-order chi connectivity index (χ1) is 11.7. The zero-order valence-electron chi connectivity index (χ0n) is 14.3. The van der Waals surface area contributed by atoms with Gasteiger partial charge in [-0.1, -0.05) is 38.1 Å². The van der Waals surface area contributed by atoms with E-state index >= 15 is 0 Å². The van der Waals surface area contributed by atoms with Gasteiger partial charge in [-0.25, -0.2) is 0 Å². The Morgan fingerprint density at radius 1 is 1.04 bits per heavy atom. The molecule has 4 heteroatoms. The van der Waals surface area contributed by atoms with Gasteiger partial charge in [0.25, 0.3) is 5.91 Å². The van der Waals surface area contributed by atoms with Crippen LogP contribution >= 0.6 is 0 Å². The minimum Gasteiger partial charge on any atom is -0.494 e. The molecule has 24 heavy (non-hydrogen) atoms. The predicted molar refractivity (Wildman–Crippen MR) is 96.4 cm³/mol. The number of carbonyl (C=O) groups excluding carboxylic acids is 1. The maximum absolute atomic E-state index is 12.9. The Morgan fingerprint density at radius 3 is 2.50 bits per heavy atom. The van der Waals surface area contributed by atoms with Crippen molar-refractivity contribution in [2.45, 2.75) is 32.9 Å². The second kappa shape index (κ2) is 7.39. The Balaban J connectivity index is 1.89. The van der Waals surface area contributed by atoms with Crippen LogP contribution in [0.15, 0.2) is 48.5 Å². The van der Waals surface area contributed by atoms with Gasteiger partial charge >= 0.3 is 0 Å². The molecule has 0 fully saturated rings. The topological polar surface area (TPSA) is 41.6 Å². The summed E-state index contributed by atoms with van der Waals surface area (Å²) >= 11 is 0. The van der Waals surface area contributed by atoms with E-state index in [1.165, 1.54) is 0 Å². The van der Waals surface area contributed by atoms with Gasteiger partial charge in [-0.2, -0.15) is 0 Å². The second-order valence-corrected chi connectivity index (χ2v) is 6.01. The molecule has 1 N–H and O–H groups in total. The number of nitrogens with zero attached hydrogens (tertiary/aromatic N) is 1. The molecule has 0 saturated heterocycles. The first kappa shape index (κ1) is 16.4. The molecule has 1 unspecified atom stereocenters. The summed E-state index contributed by atoms with van der Waals surface area (Å²) in [6.07, 6.45) is 1.76. The van der Waals surface area contributed by atoms with Crippen molar-refractivity contribution in [3.8, 4) is 5.75 Å². The number of amides is 1. The first-order valence-electron chi connectivity index (χ1n) is 8.64. The number of nitrogens with one attached hydrogen (secondary N) is 1. The fourth-order valence-electron chi connectivity index (χ4n) is 2.99. The molecule has 1 atom stereocenters. The Kier molecular flexibility index (Phi) is 5.04. The summed E-state index contributed by atoms with van der Waals surface area (Å²) in [5.41, 5.74) is 2.70. The number of fused-ring (bicyclic) bond motifs is 1. The third kappa shape index (κ3) is 3.23. The van der Waals surface area contributed by atoms with Crippen molar-refractivity contribution < 1.29 is 9.53 Å². The lowest BCUT2D eigenvalue weighted by Crippen LogP contribution is -2.43. The van der Waals surface area contributed by atoms with Crippen LogP contribution in [0.4, 0.5) is 5.69 Å². The molecular formula is C20H24N2O2. The lowest BCUT2D eigenvalue weighted by molar-refractivity contribution is 0.0683. The molecule has 1 heterocycles. The van der Waals surface area contributed by atoms with Crippen LogP contribution < -0.4 is 10.1 Å². The average Bonchev–Trinajstić information content (AvgIpc) is 2.63. The van der Waals surface area contributed by atoms with Gasteiger partial charge in [-0.3, -0.25) is 4.79 Å². The third-order valence-corrected chi connectivity index (χ3v) is 4.16. The SMILES string of the molecule is CCCOc1ccc(C2Nc3ccccc3C(=O)N2CCC)cc1. The highest BCUT2D eigenvalue weighted by atomic mass is 16.5. The molecule has 3 rings (SSSR count). The van der Waals surface area contributed by atoms with Gasteiger partial charge in [0.05, 0.1) is 12.2 Å². The van der Waals surface area contributed by atoms with Crippen LogP contribution in [0.2, 0.25) is 0 Å². The molecule has 126 valence electrons. The number of hydrogen-bond donors (Lipinski definition) is 1. The molecular weight excluding hydrogens is 300 g/mol. The van der Waals surface area contributed by atoms with E-state index in [-0.39, 0.29) is 12.1 Å². The number of benzene rings is 2. The molecule has 2 aromatic rings. The number of hydrogen-bond acceptors (Lipinski definition) is 3. The summed E-state index contributed by atoms with van der Waals surface area (Å²) in [4.78, 5) is 14.8. The van der Waals surface area contributed by atoms with Crippen molar-refractivity contribution in [2.75, 3.05) is 18.5 Å². The Hall–Kier alpha value is -2.49. The largest absolute Gasteiger partial charge is 0.494 e. The van der Waals surface area contributed by atoms with E-state index in [0.717, 1.165) is 48.6 Å². The van der Waals surface area contributed by atoms with Crippen LogP contribution in [-0.2, 0) is 0 Å². The summed E-state index contributed by atoms with van der Waals surface area (Å²) in [5, 5.41) is 3.51. The van der Waals surface area contributed by atoms with Crippen LogP contribution in [0.5, 0.6) is 5.75 Å². The van der Waals surface area contributed by atoms with Crippen molar-refractivity contribution >= 4 is 11.6 Å². The smallest absolute Gasteiger partial charge is 0.257 e. The second-order valence-electron chi connectivity index (χ2n) is 6.01. The van der Waals surface area contributed by atoms with Gasteiger partial charge in [0.1, 0.15) is 11.9 Å². The summed E-state index contributed by atoms with van der Waals surface area (Å²) in [5.74, 6) is 0.952. The fraction of sp³-hybridized carbons (Fsp3) is 0.350. The van der Waals surface area contributed by atoms with Crippen LogP contribution in [0.25, 0.3) is 0 Å². The molecule has 1 aliphatic heterocycles. The van der Waals surface area contributed by atoms with E-state index in [1.54, 1.807) is 0 Å². The minimum atomic E-state index is -0.146. The standard InChI is InChI=1S/C20H24N2O2/c1-3-13-22-19(15-9-11-16(12-10-15)24-14-4-2)21-18-8-6-5-7-17(18)20(22)23/h5-12,19,21H,3-4,13-14H2,1-2H3. The maximum Gasteiger partial charge on any atom is 0.257 e. The highest BCUT2D eigenvalue weighted by Gasteiger charge is 2.31. The number of rotatable bonds is 6. The lowest BCUT2D eigenvalue weighted by Gasteiger charge is -2.38. The maximum atomic E-state index is 12.9. The van der Waals surface area contributed by atoms with E-state index in [1.807, 2.05) is 53.4 Å². The van der Waals surface area contributed by atoms with E-state index in [0.29, 0.717) is 0 Å². The quantitative estimate of drug-likeness (QED) is 0.853. The molecule has 1 amide bonds. The summed E-state index contributed by atoms with van der Waals surface area (Å²) in [7, 11) is 0. The Bertz CT molecular complexity index is 697. The van der Waals surface area contributed by atoms with Crippen LogP contribution in [-0.4, -0.2) is 24.0 Å². The summed E-state index contributed by atoms with van der Waals surface area (Å²) in [6.45, 7) is 5.62. The van der Waals surface area contributed by atoms with Crippen LogP contribution in [0.1, 0.15) is 48.8 Å². The molecule has 0 aromatic heterocycles. The molecule has 0 radical (unpaired) electrons. The lowest BCUT2D eigenvalue weighted by atomic mass is 10.0. The van der Waals surface area contributed by atoms with Gasteiger partial charge in [-0.05, 0) is 42.7 Å². The van der Waals surface area contributed by atoms with E-state index in [4.69, 9.17) is 4.74 Å². The molecule has 0 spiro atoms. The van der Waals surface area contributed by atoms with Gasteiger partial charge < -0.3 is 15.0 Å². The third-order valence-electron chi connectivity index (χ3n) is 4.16. The van der Waals surface area contributed by atoms with Crippen molar-refractivity contribution in [3.05, 3.63) is 59.7 Å². The van der Waals surface area contributed by atoms with E-state index in [2.05, 4.69) is 19.2 Å². The molecule has 0 saturated carbocycles. The Labute approximate surface area is 143 Å². The highest BCUT2D eigenvalue weighted by molar-refractivity contribution is 6.01. The number of anilines is 1. The highest BCUT2D eigenvalue weighted by Crippen LogP contribution is 2.33. The normalized spacial score (nSPS) is 16.5. The van der Waals surface area contributed by atoms with E-state index in [9.17, 15) is 4.79 Å². The number of ether oxygens (including phenoxy) is 1. The van der Waals surface area contributed by atoms with Gasteiger partial charge in [0.2, 0.25) is 0 Å². The molecule has 0 aliphatic carbocycles. The molecule has 2 aromatic carbocycles. The minimum absolute atomic E-state index is 0.0857.